The molecule has 2 saturated heterocycles. The Hall–Kier alpha value is -1.45. The molecule has 0 saturated carbocycles. The van der Waals surface area contributed by atoms with Crippen molar-refractivity contribution in [2.75, 3.05) is 51.6 Å². The van der Waals surface area contributed by atoms with Gasteiger partial charge in [0.15, 0.2) is 0 Å². The second-order valence-corrected chi connectivity index (χ2v) is 8.82. The molecule has 0 radical (unpaired) electrons. The lowest BCUT2D eigenvalue weighted by atomic mass is 10.2. The van der Waals surface area contributed by atoms with Crippen LogP contribution in [0.1, 0.15) is 26.2 Å². The summed E-state index contributed by atoms with van der Waals surface area (Å²) in [6.45, 7) is 8.84. The van der Waals surface area contributed by atoms with Gasteiger partial charge >= 0.3 is 0 Å². The standard InChI is InChI=1S/C17H30N4O4S/c1-3-7-18-16(22)14-19-9-11-20(12-10-19)17(23)15-6-5-8-21(15)26(24,25)13-4-2/h3,15H,1,4-14H2,2H3,(H,18,22). The number of sulfonamides is 1. The van der Waals surface area contributed by atoms with E-state index in [4.69, 9.17) is 0 Å². The van der Waals surface area contributed by atoms with E-state index in [1.165, 1.54) is 4.31 Å². The van der Waals surface area contributed by atoms with Crippen LogP contribution < -0.4 is 5.32 Å². The van der Waals surface area contributed by atoms with Crippen LogP contribution in [-0.4, -0.2) is 91.9 Å². The Morgan fingerprint density at radius 2 is 1.88 bits per heavy atom. The minimum absolute atomic E-state index is 0.0581. The molecule has 0 aromatic carbocycles. The van der Waals surface area contributed by atoms with Crippen LogP contribution in [0, 0.1) is 0 Å². The number of carbonyl (C=O) groups excluding carboxylic acids is 2. The second kappa shape index (κ2) is 9.48. The first-order valence-corrected chi connectivity index (χ1v) is 10.9. The predicted molar refractivity (Wildman–Crippen MR) is 100 cm³/mol. The molecule has 0 spiro atoms. The molecule has 2 rings (SSSR count). The normalized spacial score (nSPS) is 22.3. The Labute approximate surface area is 156 Å². The lowest BCUT2D eigenvalue weighted by Gasteiger charge is -2.36. The van der Waals surface area contributed by atoms with Crippen molar-refractivity contribution in [1.82, 2.24) is 19.4 Å². The fourth-order valence-corrected chi connectivity index (χ4v) is 5.22. The van der Waals surface area contributed by atoms with Gasteiger partial charge in [-0.25, -0.2) is 8.42 Å². The molecule has 1 unspecified atom stereocenters. The molecule has 26 heavy (non-hydrogen) atoms. The van der Waals surface area contributed by atoms with E-state index in [-0.39, 0.29) is 17.6 Å². The molecule has 8 nitrogen and oxygen atoms in total. The fraction of sp³-hybridized carbons (Fsp3) is 0.765. The SMILES string of the molecule is C=CCNC(=O)CN1CCN(C(=O)C2CCCN2S(=O)(=O)CCC)CC1. The van der Waals surface area contributed by atoms with Gasteiger partial charge in [-0.05, 0) is 19.3 Å². The van der Waals surface area contributed by atoms with Crippen molar-refractivity contribution in [3.05, 3.63) is 12.7 Å². The highest BCUT2D eigenvalue weighted by Crippen LogP contribution is 2.24. The summed E-state index contributed by atoms with van der Waals surface area (Å²) in [6, 6.07) is -0.561. The van der Waals surface area contributed by atoms with Crippen LogP contribution in [-0.2, 0) is 19.6 Å². The summed E-state index contributed by atoms with van der Waals surface area (Å²) in [5, 5.41) is 2.74. The molecule has 2 heterocycles. The maximum absolute atomic E-state index is 12.8. The van der Waals surface area contributed by atoms with Crippen molar-refractivity contribution in [2.24, 2.45) is 0 Å². The number of hydrogen-bond donors (Lipinski definition) is 1. The number of amides is 2. The summed E-state index contributed by atoms with van der Waals surface area (Å²) < 4.78 is 26.2. The third kappa shape index (κ3) is 5.28. The van der Waals surface area contributed by atoms with Gasteiger partial charge in [0, 0.05) is 39.3 Å². The summed E-state index contributed by atoms with van der Waals surface area (Å²) in [6.07, 6.45) is 3.50. The highest BCUT2D eigenvalue weighted by Gasteiger charge is 2.40. The van der Waals surface area contributed by atoms with Gasteiger partial charge < -0.3 is 10.2 Å². The monoisotopic (exact) mass is 386 g/mol. The number of nitrogens with zero attached hydrogens (tertiary/aromatic N) is 3. The van der Waals surface area contributed by atoms with E-state index in [9.17, 15) is 18.0 Å². The van der Waals surface area contributed by atoms with Gasteiger partial charge in [-0.15, -0.1) is 6.58 Å². The zero-order valence-electron chi connectivity index (χ0n) is 15.5. The van der Waals surface area contributed by atoms with Crippen LogP contribution >= 0.6 is 0 Å². The summed E-state index contributed by atoms with van der Waals surface area (Å²) in [4.78, 5) is 28.3. The second-order valence-electron chi connectivity index (χ2n) is 6.78. The van der Waals surface area contributed by atoms with Crippen molar-refractivity contribution in [1.29, 1.82) is 0 Å². The Balaban J connectivity index is 1.87. The molecule has 2 amide bonds. The zero-order chi connectivity index (χ0) is 19.2. The quantitative estimate of drug-likeness (QED) is 0.575. The van der Waals surface area contributed by atoms with Crippen LogP contribution in [0.15, 0.2) is 12.7 Å². The smallest absolute Gasteiger partial charge is 0.241 e. The van der Waals surface area contributed by atoms with Gasteiger partial charge in [-0.3, -0.25) is 14.5 Å². The molecule has 1 N–H and O–H groups in total. The minimum atomic E-state index is -3.36. The van der Waals surface area contributed by atoms with Crippen molar-refractivity contribution in [2.45, 2.75) is 32.2 Å². The van der Waals surface area contributed by atoms with E-state index in [1.54, 1.807) is 11.0 Å². The summed E-state index contributed by atoms with van der Waals surface area (Å²) in [5.41, 5.74) is 0. The molecule has 1 atom stereocenters. The van der Waals surface area contributed by atoms with E-state index in [0.29, 0.717) is 58.7 Å². The van der Waals surface area contributed by atoms with E-state index >= 15 is 0 Å². The molecule has 2 aliphatic heterocycles. The summed E-state index contributed by atoms with van der Waals surface area (Å²) in [7, 11) is -3.36. The van der Waals surface area contributed by atoms with Gasteiger partial charge in [-0.1, -0.05) is 13.0 Å². The maximum atomic E-state index is 12.8. The molecule has 2 fully saturated rings. The van der Waals surface area contributed by atoms with Gasteiger partial charge in [0.05, 0.1) is 12.3 Å². The van der Waals surface area contributed by atoms with E-state index in [1.807, 2.05) is 11.8 Å². The Morgan fingerprint density at radius 1 is 1.19 bits per heavy atom. The van der Waals surface area contributed by atoms with Crippen molar-refractivity contribution >= 4 is 21.8 Å². The van der Waals surface area contributed by atoms with E-state index in [2.05, 4.69) is 11.9 Å². The molecule has 2 aliphatic rings. The third-order valence-electron chi connectivity index (χ3n) is 4.80. The summed E-state index contributed by atoms with van der Waals surface area (Å²) >= 11 is 0. The Morgan fingerprint density at radius 3 is 2.50 bits per heavy atom. The van der Waals surface area contributed by atoms with E-state index in [0.717, 1.165) is 6.42 Å². The van der Waals surface area contributed by atoms with Crippen LogP contribution in [0.4, 0.5) is 0 Å². The highest BCUT2D eigenvalue weighted by molar-refractivity contribution is 7.89. The van der Waals surface area contributed by atoms with Gasteiger partial charge in [0.2, 0.25) is 21.8 Å². The first-order valence-electron chi connectivity index (χ1n) is 9.27. The molecule has 0 aromatic rings. The lowest BCUT2D eigenvalue weighted by Crippen LogP contribution is -2.55. The fourth-order valence-electron chi connectivity index (χ4n) is 3.48. The molecule has 0 aliphatic carbocycles. The average Bonchev–Trinajstić information content (AvgIpc) is 3.11. The lowest BCUT2D eigenvalue weighted by molar-refractivity contribution is -0.136. The van der Waals surface area contributed by atoms with Crippen molar-refractivity contribution in [3.8, 4) is 0 Å². The maximum Gasteiger partial charge on any atom is 0.241 e. The Kier molecular flexibility index (Phi) is 7.60. The Bertz CT molecular complexity index is 614. The first-order chi connectivity index (χ1) is 12.4. The number of hydrogen-bond acceptors (Lipinski definition) is 5. The van der Waals surface area contributed by atoms with Crippen molar-refractivity contribution in [3.63, 3.8) is 0 Å². The summed E-state index contributed by atoms with van der Waals surface area (Å²) in [5.74, 6) is -0.0695. The van der Waals surface area contributed by atoms with Crippen LogP contribution in [0.2, 0.25) is 0 Å². The molecule has 148 valence electrons. The first kappa shape index (κ1) is 20.9. The third-order valence-corrected chi connectivity index (χ3v) is 6.88. The highest BCUT2D eigenvalue weighted by atomic mass is 32.2. The van der Waals surface area contributed by atoms with Crippen LogP contribution in [0.3, 0.4) is 0 Å². The number of piperazine rings is 1. The van der Waals surface area contributed by atoms with Gasteiger partial charge in [-0.2, -0.15) is 4.31 Å². The molecular weight excluding hydrogens is 356 g/mol. The van der Waals surface area contributed by atoms with E-state index < -0.39 is 16.1 Å². The topological polar surface area (TPSA) is 90.0 Å². The molecule has 0 bridgehead atoms. The molecule has 9 heteroatoms. The van der Waals surface area contributed by atoms with Crippen LogP contribution in [0.5, 0.6) is 0 Å². The zero-order valence-corrected chi connectivity index (χ0v) is 16.3. The average molecular weight is 387 g/mol. The van der Waals surface area contributed by atoms with Gasteiger partial charge in [0.1, 0.15) is 6.04 Å². The van der Waals surface area contributed by atoms with Crippen LogP contribution in [0.25, 0.3) is 0 Å². The number of carbonyl (C=O) groups is 2. The number of rotatable bonds is 8. The largest absolute Gasteiger partial charge is 0.352 e. The predicted octanol–water partition coefficient (Wildman–Crippen LogP) is -0.363. The van der Waals surface area contributed by atoms with Gasteiger partial charge in [0.25, 0.3) is 0 Å². The molecule has 0 aromatic heterocycles. The van der Waals surface area contributed by atoms with Crippen molar-refractivity contribution < 1.29 is 18.0 Å². The number of nitrogens with one attached hydrogen (secondary N) is 1. The molecular formula is C17H30N4O4S. The minimum Gasteiger partial charge on any atom is -0.352 e.